The number of aliphatic hydroxyl groups excluding tert-OH is 1. The molecule has 17 heavy (non-hydrogen) atoms. The number of hydrogen-bond acceptors (Lipinski definition) is 3. The van der Waals surface area contributed by atoms with Crippen LogP contribution in [0.2, 0.25) is 0 Å². The zero-order valence-electron chi connectivity index (χ0n) is 10.1. The lowest BCUT2D eigenvalue weighted by molar-refractivity contribution is -0.121. The zero-order chi connectivity index (χ0) is 12.7. The van der Waals surface area contributed by atoms with Crippen LogP contribution in [0.5, 0.6) is 0 Å². The minimum absolute atomic E-state index is 0.0187. The van der Waals surface area contributed by atoms with Gasteiger partial charge in [0.1, 0.15) is 0 Å². The molecule has 1 unspecified atom stereocenters. The Morgan fingerprint density at radius 1 is 1.53 bits per heavy atom. The topological polar surface area (TPSA) is 75.3 Å². The van der Waals surface area contributed by atoms with Gasteiger partial charge in [0.25, 0.3) is 0 Å². The third-order valence-electron chi connectivity index (χ3n) is 2.51. The molecule has 4 N–H and O–H groups in total. The fraction of sp³-hybridized carbons (Fsp3) is 0.462. The van der Waals surface area contributed by atoms with E-state index in [9.17, 15) is 9.90 Å². The van der Waals surface area contributed by atoms with Gasteiger partial charge in [0.15, 0.2) is 0 Å². The van der Waals surface area contributed by atoms with Crippen LogP contribution in [0.1, 0.15) is 37.9 Å². The average molecular weight is 236 g/mol. The number of nitrogens with two attached hydrogens (primary N) is 1. The van der Waals surface area contributed by atoms with Crippen molar-refractivity contribution in [2.75, 3.05) is 12.3 Å². The molecule has 1 atom stereocenters. The number of aliphatic hydroxyl groups is 1. The van der Waals surface area contributed by atoms with Crippen LogP contribution in [-0.4, -0.2) is 17.6 Å². The standard InChI is InChI=1S/C13H20N2O2/c1-2-8-15-13(17)7-6-12(16)10-4-3-5-11(14)9-10/h3-5,9,12,16H,2,6-8,14H2,1H3,(H,15,17). The summed E-state index contributed by atoms with van der Waals surface area (Å²) < 4.78 is 0. The number of nitrogen functional groups attached to an aromatic ring is 1. The summed E-state index contributed by atoms with van der Waals surface area (Å²) >= 11 is 0. The number of hydrogen-bond donors (Lipinski definition) is 3. The van der Waals surface area contributed by atoms with E-state index in [1.165, 1.54) is 0 Å². The van der Waals surface area contributed by atoms with Crippen molar-refractivity contribution in [1.82, 2.24) is 5.32 Å². The third kappa shape index (κ3) is 4.87. The molecule has 0 radical (unpaired) electrons. The molecule has 1 rings (SSSR count). The molecule has 0 fully saturated rings. The lowest BCUT2D eigenvalue weighted by Crippen LogP contribution is -2.24. The summed E-state index contributed by atoms with van der Waals surface area (Å²) in [6.45, 7) is 2.69. The minimum Gasteiger partial charge on any atom is -0.399 e. The summed E-state index contributed by atoms with van der Waals surface area (Å²) in [5.41, 5.74) is 7.01. The van der Waals surface area contributed by atoms with Crippen molar-refractivity contribution in [3.8, 4) is 0 Å². The molecule has 4 heteroatoms. The molecule has 4 nitrogen and oxygen atoms in total. The van der Waals surface area contributed by atoms with Gasteiger partial charge in [0, 0.05) is 18.7 Å². The van der Waals surface area contributed by atoms with Crippen molar-refractivity contribution in [3.63, 3.8) is 0 Å². The Morgan fingerprint density at radius 2 is 2.29 bits per heavy atom. The predicted molar refractivity (Wildman–Crippen MR) is 68.3 cm³/mol. The summed E-state index contributed by atoms with van der Waals surface area (Å²) in [4.78, 5) is 11.4. The first-order valence-corrected chi connectivity index (χ1v) is 5.93. The Labute approximate surface area is 102 Å². The highest BCUT2D eigenvalue weighted by Gasteiger charge is 2.10. The van der Waals surface area contributed by atoms with Crippen LogP contribution in [0.4, 0.5) is 5.69 Å². The summed E-state index contributed by atoms with van der Waals surface area (Å²) in [5, 5.41) is 12.7. The van der Waals surface area contributed by atoms with Gasteiger partial charge in [-0.25, -0.2) is 0 Å². The Bertz CT molecular complexity index is 366. The van der Waals surface area contributed by atoms with Crippen LogP contribution < -0.4 is 11.1 Å². The van der Waals surface area contributed by atoms with Crippen LogP contribution in [0.3, 0.4) is 0 Å². The Hall–Kier alpha value is -1.55. The van der Waals surface area contributed by atoms with E-state index in [-0.39, 0.29) is 5.91 Å². The van der Waals surface area contributed by atoms with Crippen molar-refractivity contribution >= 4 is 11.6 Å². The third-order valence-corrected chi connectivity index (χ3v) is 2.51. The van der Waals surface area contributed by atoms with Gasteiger partial charge >= 0.3 is 0 Å². The normalized spacial score (nSPS) is 12.1. The molecule has 0 saturated heterocycles. The van der Waals surface area contributed by atoms with Gasteiger partial charge in [-0.15, -0.1) is 0 Å². The SMILES string of the molecule is CCCNC(=O)CCC(O)c1cccc(N)c1. The second-order valence-corrected chi connectivity index (χ2v) is 4.07. The molecule has 1 amide bonds. The number of rotatable bonds is 6. The van der Waals surface area contributed by atoms with Crippen LogP contribution in [0.25, 0.3) is 0 Å². The van der Waals surface area contributed by atoms with Crippen LogP contribution >= 0.6 is 0 Å². The van der Waals surface area contributed by atoms with Crippen LogP contribution in [-0.2, 0) is 4.79 Å². The maximum atomic E-state index is 11.4. The number of carbonyl (C=O) groups is 1. The number of benzene rings is 1. The largest absolute Gasteiger partial charge is 0.399 e. The zero-order valence-corrected chi connectivity index (χ0v) is 10.1. The summed E-state index contributed by atoms with van der Waals surface area (Å²) in [6, 6.07) is 7.11. The van der Waals surface area contributed by atoms with E-state index in [1.807, 2.05) is 13.0 Å². The molecule has 1 aromatic rings. The van der Waals surface area contributed by atoms with E-state index in [4.69, 9.17) is 5.73 Å². The van der Waals surface area contributed by atoms with Gasteiger partial charge in [-0.2, -0.15) is 0 Å². The molecule has 0 aliphatic rings. The Balaban J connectivity index is 2.39. The molecule has 0 spiro atoms. The van der Waals surface area contributed by atoms with Crippen molar-refractivity contribution < 1.29 is 9.90 Å². The molecule has 0 saturated carbocycles. The number of nitrogens with one attached hydrogen (secondary N) is 1. The summed E-state index contributed by atoms with van der Waals surface area (Å²) in [6.07, 6.45) is 1.03. The molecular formula is C13H20N2O2. The van der Waals surface area contributed by atoms with Gasteiger partial charge in [-0.05, 0) is 30.5 Å². The molecule has 1 aromatic carbocycles. The maximum absolute atomic E-state index is 11.4. The fourth-order valence-electron chi connectivity index (χ4n) is 1.55. The van der Waals surface area contributed by atoms with Crippen molar-refractivity contribution in [1.29, 1.82) is 0 Å². The van der Waals surface area contributed by atoms with Crippen molar-refractivity contribution in [2.45, 2.75) is 32.3 Å². The van der Waals surface area contributed by atoms with E-state index in [0.29, 0.717) is 25.1 Å². The summed E-state index contributed by atoms with van der Waals surface area (Å²) in [7, 11) is 0. The quantitative estimate of drug-likeness (QED) is 0.657. The first-order valence-electron chi connectivity index (χ1n) is 5.93. The molecule has 0 aliphatic carbocycles. The second-order valence-electron chi connectivity index (χ2n) is 4.07. The van der Waals surface area contributed by atoms with Gasteiger partial charge in [-0.1, -0.05) is 19.1 Å². The Morgan fingerprint density at radius 3 is 2.94 bits per heavy atom. The highest BCUT2D eigenvalue weighted by Crippen LogP contribution is 2.19. The van der Waals surface area contributed by atoms with Gasteiger partial charge in [0.05, 0.1) is 6.10 Å². The molecule has 0 aliphatic heterocycles. The highest BCUT2D eigenvalue weighted by atomic mass is 16.3. The van der Waals surface area contributed by atoms with E-state index in [2.05, 4.69) is 5.32 Å². The molecule has 0 aromatic heterocycles. The van der Waals surface area contributed by atoms with Gasteiger partial charge in [-0.3, -0.25) is 4.79 Å². The highest BCUT2D eigenvalue weighted by molar-refractivity contribution is 5.75. The molecule has 0 heterocycles. The molecule has 94 valence electrons. The van der Waals surface area contributed by atoms with E-state index in [0.717, 1.165) is 12.0 Å². The molecular weight excluding hydrogens is 216 g/mol. The summed E-state index contributed by atoms with van der Waals surface area (Å²) in [5.74, 6) is -0.0187. The number of anilines is 1. The average Bonchev–Trinajstić information content (AvgIpc) is 2.33. The van der Waals surface area contributed by atoms with E-state index in [1.54, 1.807) is 18.2 Å². The van der Waals surface area contributed by atoms with Crippen molar-refractivity contribution in [3.05, 3.63) is 29.8 Å². The predicted octanol–water partition coefficient (Wildman–Crippen LogP) is 1.61. The van der Waals surface area contributed by atoms with E-state index < -0.39 is 6.10 Å². The molecule has 0 bridgehead atoms. The van der Waals surface area contributed by atoms with Crippen LogP contribution in [0, 0.1) is 0 Å². The number of amides is 1. The fourth-order valence-corrected chi connectivity index (χ4v) is 1.55. The monoisotopic (exact) mass is 236 g/mol. The smallest absolute Gasteiger partial charge is 0.220 e. The second kappa shape index (κ2) is 6.91. The lowest BCUT2D eigenvalue weighted by atomic mass is 10.0. The maximum Gasteiger partial charge on any atom is 0.220 e. The Kier molecular flexibility index (Phi) is 5.49. The first kappa shape index (κ1) is 13.5. The van der Waals surface area contributed by atoms with Crippen LogP contribution in [0.15, 0.2) is 24.3 Å². The minimum atomic E-state index is -0.633. The van der Waals surface area contributed by atoms with Gasteiger partial charge in [0.2, 0.25) is 5.91 Å². The lowest BCUT2D eigenvalue weighted by Gasteiger charge is -2.11. The number of carbonyl (C=O) groups excluding carboxylic acids is 1. The first-order chi connectivity index (χ1) is 8.13. The van der Waals surface area contributed by atoms with Gasteiger partial charge < -0.3 is 16.2 Å². The van der Waals surface area contributed by atoms with Crippen molar-refractivity contribution in [2.24, 2.45) is 0 Å². The van der Waals surface area contributed by atoms with E-state index >= 15 is 0 Å².